The van der Waals surface area contributed by atoms with Gasteiger partial charge in [-0.25, -0.2) is 4.39 Å². The van der Waals surface area contributed by atoms with Crippen LogP contribution < -0.4 is 5.32 Å². The van der Waals surface area contributed by atoms with Crippen molar-refractivity contribution in [3.05, 3.63) is 34.6 Å². The Hall–Kier alpha value is -0.640. The predicted molar refractivity (Wildman–Crippen MR) is 85.3 cm³/mol. The van der Waals surface area contributed by atoms with E-state index in [0.717, 1.165) is 0 Å². The van der Waals surface area contributed by atoms with Crippen LogP contribution >= 0.6 is 11.6 Å². The summed E-state index contributed by atoms with van der Waals surface area (Å²) >= 11 is 5.99. The van der Waals surface area contributed by atoms with Gasteiger partial charge < -0.3 is 10.1 Å². The molecule has 1 N–H and O–H groups in total. The maximum absolute atomic E-state index is 13.9. The van der Waals surface area contributed by atoms with E-state index in [0.29, 0.717) is 22.9 Å². The minimum atomic E-state index is -0.196. The topological polar surface area (TPSA) is 21.3 Å². The Labute approximate surface area is 132 Å². The summed E-state index contributed by atoms with van der Waals surface area (Å²) < 4.78 is 19.7. The highest BCUT2D eigenvalue weighted by atomic mass is 35.5. The number of hydrogen-bond donors (Lipinski definition) is 1. The molecular weight excluding hydrogens is 289 g/mol. The van der Waals surface area contributed by atoms with Crippen LogP contribution in [0.2, 0.25) is 5.02 Å². The second-order valence-electron chi connectivity index (χ2n) is 5.93. The highest BCUT2D eigenvalue weighted by Gasteiger charge is 2.30. The third kappa shape index (κ3) is 4.41. The van der Waals surface area contributed by atoms with Gasteiger partial charge in [0.2, 0.25) is 0 Å². The first-order valence-corrected chi connectivity index (χ1v) is 8.17. The molecule has 0 amide bonds. The first kappa shape index (κ1) is 16.7. The van der Waals surface area contributed by atoms with Gasteiger partial charge in [-0.05, 0) is 56.0 Å². The highest BCUT2D eigenvalue weighted by molar-refractivity contribution is 6.30. The molecule has 21 heavy (non-hydrogen) atoms. The van der Waals surface area contributed by atoms with Gasteiger partial charge in [0.1, 0.15) is 5.82 Å². The first-order chi connectivity index (χ1) is 10.2. The zero-order valence-electron chi connectivity index (χ0n) is 12.9. The molecule has 0 saturated heterocycles. The summed E-state index contributed by atoms with van der Waals surface area (Å²) in [6.45, 7) is 0. The molecule has 2 unspecified atom stereocenters. The SMILES string of the molecule is CNC(Cc1cc(Cl)ccc1F)C(OC)C1CCCCC1. The lowest BCUT2D eigenvalue weighted by molar-refractivity contribution is 0.00998. The fraction of sp³-hybridized carbons (Fsp3) is 0.647. The molecule has 0 aromatic heterocycles. The Morgan fingerprint density at radius 1 is 1.33 bits per heavy atom. The Morgan fingerprint density at radius 2 is 2.05 bits per heavy atom. The van der Waals surface area contributed by atoms with Gasteiger partial charge in [0, 0.05) is 18.2 Å². The summed E-state index contributed by atoms with van der Waals surface area (Å²) in [5.74, 6) is 0.363. The van der Waals surface area contributed by atoms with Crippen LogP contribution in [0.4, 0.5) is 4.39 Å². The Kier molecular flexibility index (Phi) is 6.46. The van der Waals surface area contributed by atoms with Crippen LogP contribution in [0.15, 0.2) is 18.2 Å². The molecule has 1 fully saturated rings. The van der Waals surface area contributed by atoms with Crippen molar-refractivity contribution < 1.29 is 9.13 Å². The molecule has 2 atom stereocenters. The van der Waals surface area contributed by atoms with E-state index in [2.05, 4.69) is 5.32 Å². The molecule has 4 heteroatoms. The second kappa shape index (κ2) is 8.11. The van der Waals surface area contributed by atoms with Crippen LogP contribution in [0.1, 0.15) is 37.7 Å². The lowest BCUT2D eigenvalue weighted by Gasteiger charge is -2.35. The lowest BCUT2D eigenvalue weighted by atomic mass is 9.81. The number of methoxy groups -OCH3 is 1. The van der Waals surface area contributed by atoms with E-state index >= 15 is 0 Å². The lowest BCUT2D eigenvalue weighted by Crippen LogP contribution is -2.45. The number of halogens is 2. The van der Waals surface area contributed by atoms with Crippen molar-refractivity contribution in [3.8, 4) is 0 Å². The third-order valence-electron chi connectivity index (χ3n) is 4.60. The molecule has 2 rings (SSSR count). The Morgan fingerprint density at radius 3 is 2.67 bits per heavy atom. The van der Waals surface area contributed by atoms with Gasteiger partial charge in [-0.15, -0.1) is 0 Å². The number of likely N-dealkylation sites (N-methyl/N-ethyl adjacent to an activating group) is 1. The van der Waals surface area contributed by atoms with Crippen molar-refractivity contribution in [1.82, 2.24) is 5.32 Å². The van der Waals surface area contributed by atoms with Crippen molar-refractivity contribution in [2.24, 2.45) is 5.92 Å². The average molecular weight is 314 g/mol. The van der Waals surface area contributed by atoms with E-state index in [1.165, 1.54) is 38.2 Å². The third-order valence-corrected chi connectivity index (χ3v) is 4.84. The van der Waals surface area contributed by atoms with Crippen molar-refractivity contribution in [2.75, 3.05) is 14.2 Å². The van der Waals surface area contributed by atoms with E-state index in [9.17, 15) is 4.39 Å². The predicted octanol–water partition coefficient (Wildman–Crippen LogP) is 4.20. The Balaban J connectivity index is 2.11. The summed E-state index contributed by atoms with van der Waals surface area (Å²) in [6.07, 6.45) is 6.98. The van der Waals surface area contributed by atoms with E-state index in [4.69, 9.17) is 16.3 Å². The molecule has 1 aliphatic rings. The molecule has 118 valence electrons. The van der Waals surface area contributed by atoms with Crippen molar-refractivity contribution in [2.45, 2.75) is 50.7 Å². The fourth-order valence-corrected chi connectivity index (χ4v) is 3.66. The van der Waals surface area contributed by atoms with Gasteiger partial charge in [0.25, 0.3) is 0 Å². The van der Waals surface area contributed by atoms with Gasteiger partial charge in [-0.1, -0.05) is 30.9 Å². The molecule has 1 aromatic rings. The largest absolute Gasteiger partial charge is 0.380 e. The molecule has 0 radical (unpaired) electrons. The van der Waals surface area contributed by atoms with Crippen LogP contribution in [0, 0.1) is 11.7 Å². The number of benzene rings is 1. The summed E-state index contributed by atoms with van der Waals surface area (Å²) in [7, 11) is 3.68. The summed E-state index contributed by atoms with van der Waals surface area (Å²) in [4.78, 5) is 0. The number of hydrogen-bond acceptors (Lipinski definition) is 2. The standard InChI is InChI=1S/C17H25ClFNO/c1-20-16(11-13-10-14(18)8-9-15(13)19)17(21-2)12-6-4-3-5-7-12/h8-10,12,16-17,20H,3-7,11H2,1-2H3. The minimum Gasteiger partial charge on any atom is -0.380 e. The van der Waals surface area contributed by atoms with E-state index in [1.807, 2.05) is 7.05 Å². The maximum atomic E-state index is 13.9. The van der Waals surface area contributed by atoms with Crippen LogP contribution in [-0.2, 0) is 11.2 Å². The smallest absolute Gasteiger partial charge is 0.126 e. The second-order valence-corrected chi connectivity index (χ2v) is 6.37. The quantitative estimate of drug-likeness (QED) is 0.849. The average Bonchev–Trinajstić information content (AvgIpc) is 2.51. The van der Waals surface area contributed by atoms with E-state index in [1.54, 1.807) is 19.2 Å². The molecule has 0 heterocycles. The molecule has 1 aromatic carbocycles. The molecule has 0 aliphatic heterocycles. The molecule has 1 aliphatic carbocycles. The van der Waals surface area contributed by atoms with Crippen LogP contribution in [-0.4, -0.2) is 26.3 Å². The van der Waals surface area contributed by atoms with Crippen molar-refractivity contribution in [1.29, 1.82) is 0 Å². The van der Waals surface area contributed by atoms with Crippen molar-refractivity contribution in [3.63, 3.8) is 0 Å². The summed E-state index contributed by atoms with van der Waals surface area (Å²) in [5, 5.41) is 3.89. The molecule has 0 spiro atoms. The molecule has 0 bridgehead atoms. The van der Waals surface area contributed by atoms with Crippen LogP contribution in [0.3, 0.4) is 0 Å². The molecule has 2 nitrogen and oxygen atoms in total. The van der Waals surface area contributed by atoms with Gasteiger partial charge in [-0.3, -0.25) is 0 Å². The summed E-state index contributed by atoms with van der Waals surface area (Å²) in [5.41, 5.74) is 0.653. The van der Waals surface area contributed by atoms with Crippen LogP contribution in [0.25, 0.3) is 0 Å². The van der Waals surface area contributed by atoms with Gasteiger partial charge in [0.15, 0.2) is 0 Å². The molecular formula is C17H25ClFNO. The molecule has 1 saturated carbocycles. The highest BCUT2D eigenvalue weighted by Crippen LogP contribution is 2.30. The summed E-state index contributed by atoms with van der Waals surface area (Å²) in [6, 6.07) is 4.84. The van der Waals surface area contributed by atoms with Gasteiger partial charge in [0.05, 0.1) is 6.10 Å². The van der Waals surface area contributed by atoms with E-state index in [-0.39, 0.29) is 18.0 Å². The van der Waals surface area contributed by atoms with Gasteiger partial charge >= 0.3 is 0 Å². The van der Waals surface area contributed by atoms with Crippen LogP contribution in [0.5, 0.6) is 0 Å². The number of nitrogens with one attached hydrogen (secondary N) is 1. The normalized spacial score (nSPS) is 19.4. The maximum Gasteiger partial charge on any atom is 0.126 e. The zero-order valence-corrected chi connectivity index (χ0v) is 13.6. The minimum absolute atomic E-state index is 0.103. The monoisotopic (exact) mass is 313 g/mol. The number of rotatable bonds is 6. The fourth-order valence-electron chi connectivity index (χ4n) is 3.47. The van der Waals surface area contributed by atoms with Gasteiger partial charge in [-0.2, -0.15) is 0 Å². The van der Waals surface area contributed by atoms with E-state index < -0.39 is 0 Å². The Bertz CT molecular complexity index is 448. The zero-order chi connectivity index (χ0) is 15.2. The number of ether oxygens (including phenoxy) is 1. The first-order valence-electron chi connectivity index (χ1n) is 7.79. The van der Waals surface area contributed by atoms with Crippen molar-refractivity contribution >= 4 is 11.6 Å².